The van der Waals surface area contributed by atoms with E-state index in [1.807, 2.05) is 7.11 Å². The van der Waals surface area contributed by atoms with Gasteiger partial charge in [0.1, 0.15) is 0 Å². The summed E-state index contributed by atoms with van der Waals surface area (Å²) in [6.07, 6.45) is 5.45. The van der Waals surface area contributed by atoms with Gasteiger partial charge in [0.05, 0.1) is 0 Å². The van der Waals surface area contributed by atoms with E-state index >= 15 is 0 Å². The van der Waals surface area contributed by atoms with Crippen LogP contribution < -0.4 is 5.32 Å². The van der Waals surface area contributed by atoms with Gasteiger partial charge in [0.2, 0.25) is 0 Å². The van der Waals surface area contributed by atoms with E-state index in [0.717, 1.165) is 30.3 Å². The normalized spacial score (nSPS) is 30.7. The van der Waals surface area contributed by atoms with Crippen molar-refractivity contribution in [2.45, 2.75) is 59.4 Å². The number of hydrogen-bond acceptors (Lipinski definition) is 2. The molecule has 0 aromatic rings. The first-order chi connectivity index (χ1) is 8.54. The molecular formula is C16H33NO. The summed E-state index contributed by atoms with van der Waals surface area (Å²) >= 11 is 0. The van der Waals surface area contributed by atoms with Crippen LogP contribution in [0.15, 0.2) is 0 Å². The van der Waals surface area contributed by atoms with E-state index in [-0.39, 0.29) is 0 Å². The predicted octanol–water partition coefficient (Wildman–Crippen LogP) is 3.71. The van der Waals surface area contributed by atoms with E-state index in [2.05, 4.69) is 33.0 Å². The second-order valence-electron chi connectivity index (χ2n) is 6.66. The van der Waals surface area contributed by atoms with Crippen LogP contribution >= 0.6 is 0 Å². The second-order valence-corrected chi connectivity index (χ2v) is 6.66. The Balaban J connectivity index is 2.49. The fraction of sp³-hybridized carbons (Fsp3) is 1.00. The highest BCUT2D eigenvalue weighted by Crippen LogP contribution is 2.39. The van der Waals surface area contributed by atoms with Gasteiger partial charge in [-0.15, -0.1) is 0 Å². The lowest BCUT2D eigenvalue weighted by Crippen LogP contribution is -2.38. The van der Waals surface area contributed by atoms with Crippen molar-refractivity contribution in [2.24, 2.45) is 23.7 Å². The van der Waals surface area contributed by atoms with E-state index in [9.17, 15) is 0 Å². The Morgan fingerprint density at radius 1 is 1.22 bits per heavy atom. The average molecular weight is 255 g/mol. The van der Waals surface area contributed by atoms with Crippen LogP contribution in [0.25, 0.3) is 0 Å². The molecule has 108 valence electrons. The third-order valence-electron chi connectivity index (χ3n) is 4.61. The number of hydrogen-bond donors (Lipinski definition) is 1. The third-order valence-corrected chi connectivity index (χ3v) is 4.61. The quantitative estimate of drug-likeness (QED) is 0.749. The van der Waals surface area contributed by atoms with Gasteiger partial charge in [-0.25, -0.2) is 0 Å². The molecule has 0 radical (unpaired) electrons. The summed E-state index contributed by atoms with van der Waals surface area (Å²) in [5.74, 6) is 3.47. The van der Waals surface area contributed by atoms with Crippen LogP contribution in [0.3, 0.4) is 0 Å². The first-order valence-electron chi connectivity index (χ1n) is 7.76. The molecule has 2 heteroatoms. The van der Waals surface area contributed by atoms with Gasteiger partial charge >= 0.3 is 0 Å². The van der Waals surface area contributed by atoms with Crippen LogP contribution in [-0.4, -0.2) is 26.3 Å². The predicted molar refractivity (Wildman–Crippen MR) is 78.8 cm³/mol. The highest BCUT2D eigenvalue weighted by atomic mass is 16.5. The van der Waals surface area contributed by atoms with Gasteiger partial charge in [0.15, 0.2) is 0 Å². The molecule has 1 saturated carbocycles. The fourth-order valence-corrected chi connectivity index (χ4v) is 3.34. The Hall–Kier alpha value is -0.0800. The van der Waals surface area contributed by atoms with E-state index in [0.29, 0.717) is 6.04 Å². The molecule has 0 aromatic heterocycles. The smallest absolute Gasteiger partial charge is 0.0464 e. The minimum Gasteiger partial charge on any atom is -0.385 e. The van der Waals surface area contributed by atoms with Gasteiger partial charge in [-0.2, -0.15) is 0 Å². The van der Waals surface area contributed by atoms with Gasteiger partial charge in [-0.3, -0.25) is 0 Å². The summed E-state index contributed by atoms with van der Waals surface area (Å²) < 4.78 is 5.25. The molecule has 4 unspecified atom stereocenters. The summed E-state index contributed by atoms with van der Waals surface area (Å²) in [6, 6.07) is 0.610. The average Bonchev–Trinajstić information content (AvgIpc) is 2.34. The van der Waals surface area contributed by atoms with Crippen molar-refractivity contribution in [3.63, 3.8) is 0 Å². The van der Waals surface area contributed by atoms with Gasteiger partial charge in [0, 0.05) is 19.8 Å². The molecule has 0 bridgehead atoms. The van der Waals surface area contributed by atoms with Crippen molar-refractivity contribution < 1.29 is 4.74 Å². The zero-order valence-electron chi connectivity index (χ0n) is 13.0. The van der Waals surface area contributed by atoms with Gasteiger partial charge in [0.25, 0.3) is 0 Å². The SMILES string of the molecule is COCCC(C)C1CC(C)CCC1CNC(C)C. The molecular weight excluding hydrogens is 222 g/mol. The Morgan fingerprint density at radius 2 is 1.94 bits per heavy atom. The first kappa shape index (κ1) is 16.0. The van der Waals surface area contributed by atoms with Crippen molar-refractivity contribution in [2.75, 3.05) is 20.3 Å². The van der Waals surface area contributed by atoms with Crippen LogP contribution in [0.2, 0.25) is 0 Å². The zero-order valence-corrected chi connectivity index (χ0v) is 13.0. The number of rotatable bonds is 7. The number of nitrogens with one attached hydrogen (secondary N) is 1. The van der Waals surface area contributed by atoms with E-state index in [1.165, 1.54) is 32.2 Å². The fourth-order valence-electron chi connectivity index (χ4n) is 3.34. The summed E-state index contributed by atoms with van der Waals surface area (Å²) in [5.41, 5.74) is 0. The summed E-state index contributed by atoms with van der Waals surface area (Å²) in [6.45, 7) is 11.4. The van der Waals surface area contributed by atoms with E-state index in [1.54, 1.807) is 0 Å². The van der Waals surface area contributed by atoms with E-state index < -0.39 is 0 Å². The molecule has 0 aliphatic heterocycles. The highest BCUT2D eigenvalue weighted by Gasteiger charge is 2.31. The highest BCUT2D eigenvalue weighted by molar-refractivity contribution is 4.83. The lowest BCUT2D eigenvalue weighted by molar-refractivity contribution is 0.100. The lowest BCUT2D eigenvalue weighted by atomic mass is 9.68. The zero-order chi connectivity index (χ0) is 13.5. The van der Waals surface area contributed by atoms with Gasteiger partial charge in [-0.1, -0.05) is 34.1 Å². The molecule has 0 amide bonds. The maximum absolute atomic E-state index is 5.25. The lowest BCUT2D eigenvalue weighted by Gasteiger charge is -2.39. The molecule has 0 heterocycles. The van der Waals surface area contributed by atoms with Crippen LogP contribution in [0, 0.1) is 23.7 Å². The molecule has 1 rings (SSSR count). The molecule has 4 atom stereocenters. The van der Waals surface area contributed by atoms with Crippen molar-refractivity contribution in [1.29, 1.82) is 0 Å². The third kappa shape index (κ3) is 5.27. The van der Waals surface area contributed by atoms with Crippen molar-refractivity contribution in [1.82, 2.24) is 5.32 Å². The first-order valence-corrected chi connectivity index (χ1v) is 7.76. The van der Waals surface area contributed by atoms with E-state index in [4.69, 9.17) is 4.74 Å². The van der Waals surface area contributed by atoms with Crippen LogP contribution in [0.5, 0.6) is 0 Å². The maximum atomic E-state index is 5.25. The molecule has 18 heavy (non-hydrogen) atoms. The summed E-state index contributed by atoms with van der Waals surface area (Å²) in [7, 11) is 1.81. The number of methoxy groups -OCH3 is 1. The molecule has 0 saturated heterocycles. The largest absolute Gasteiger partial charge is 0.385 e. The van der Waals surface area contributed by atoms with Crippen LogP contribution in [0.4, 0.5) is 0 Å². The molecule has 1 aliphatic rings. The topological polar surface area (TPSA) is 21.3 Å². The van der Waals surface area contributed by atoms with Gasteiger partial charge in [-0.05, 0) is 49.5 Å². The molecule has 2 nitrogen and oxygen atoms in total. The Labute approximate surface area is 114 Å². The van der Waals surface area contributed by atoms with Crippen molar-refractivity contribution >= 4 is 0 Å². The summed E-state index contributed by atoms with van der Waals surface area (Å²) in [4.78, 5) is 0. The molecule has 1 fully saturated rings. The Kier molecular flexibility index (Phi) is 7.25. The van der Waals surface area contributed by atoms with Crippen LogP contribution in [-0.2, 0) is 4.74 Å². The summed E-state index contributed by atoms with van der Waals surface area (Å²) in [5, 5.41) is 3.64. The number of ether oxygens (including phenoxy) is 1. The Bertz CT molecular complexity index is 217. The second kappa shape index (κ2) is 8.16. The minimum atomic E-state index is 0.610. The Morgan fingerprint density at radius 3 is 2.56 bits per heavy atom. The molecule has 1 N–H and O–H groups in total. The van der Waals surface area contributed by atoms with Crippen LogP contribution in [0.1, 0.15) is 53.4 Å². The molecule has 1 aliphatic carbocycles. The minimum absolute atomic E-state index is 0.610. The molecule has 0 aromatic carbocycles. The maximum Gasteiger partial charge on any atom is 0.0464 e. The monoisotopic (exact) mass is 255 g/mol. The van der Waals surface area contributed by atoms with Crippen molar-refractivity contribution in [3.05, 3.63) is 0 Å². The van der Waals surface area contributed by atoms with Crippen molar-refractivity contribution in [3.8, 4) is 0 Å². The van der Waals surface area contributed by atoms with Gasteiger partial charge < -0.3 is 10.1 Å². The standard InChI is InChI=1S/C16H33NO/c1-12(2)17-11-15-7-6-13(3)10-16(15)14(4)8-9-18-5/h12-17H,6-11H2,1-5H3. The molecule has 0 spiro atoms.